The Kier molecular flexibility index (Phi) is 10.4. The lowest BCUT2D eigenvalue weighted by Gasteiger charge is -2.25. The number of aryl methyl sites for hydroxylation is 1. The van der Waals surface area contributed by atoms with E-state index in [4.69, 9.17) is 0 Å². The van der Waals surface area contributed by atoms with Crippen molar-refractivity contribution < 1.29 is 0 Å². The number of unbranched alkanes of at least 4 members (excludes halogenated alkanes) is 2. The lowest BCUT2D eigenvalue weighted by molar-refractivity contribution is 0.602. The topological polar surface area (TPSA) is 20.2 Å². The molecule has 0 atom stereocenters. The first-order valence-corrected chi connectivity index (χ1v) is 11.9. The van der Waals surface area contributed by atoms with Crippen LogP contribution in [0.5, 0.6) is 0 Å². The fraction of sp³-hybridized carbons (Fsp3) is 0.481. The van der Waals surface area contributed by atoms with Crippen molar-refractivity contribution in [2.75, 3.05) is 24.5 Å². The van der Waals surface area contributed by atoms with Gasteiger partial charge < -0.3 is 14.8 Å². The van der Waals surface area contributed by atoms with Gasteiger partial charge in [-0.15, -0.1) is 24.8 Å². The van der Waals surface area contributed by atoms with Crippen LogP contribution in [0, 0.1) is 6.92 Å². The maximum Gasteiger partial charge on any atom is 0.0489 e. The molecule has 0 fully saturated rings. The van der Waals surface area contributed by atoms with E-state index in [0.717, 1.165) is 39.1 Å². The molecule has 2 heterocycles. The summed E-state index contributed by atoms with van der Waals surface area (Å²) in [5.74, 6) is 0. The van der Waals surface area contributed by atoms with E-state index in [0.29, 0.717) is 0 Å². The van der Waals surface area contributed by atoms with E-state index >= 15 is 0 Å². The normalized spacial score (nSPS) is 12.7. The second-order valence-electron chi connectivity index (χ2n) is 8.82. The van der Waals surface area contributed by atoms with Gasteiger partial charge in [-0.3, -0.25) is 0 Å². The van der Waals surface area contributed by atoms with Crippen molar-refractivity contribution >= 4 is 41.4 Å². The Balaban J connectivity index is 0.00000181. The van der Waals surface area contributed by atoms with Gasteiger partial charge in [0, 0.05) is 48.5 Å². The van der Waals surface area contributed by atoms with Crippen LogP contribution in [0.1, 0.15) is 61.9 Å². The van der Waals surface area contributed by atoms with Gasteiger partial charge in [-0.2, -0.15) is 0 Å². The van der Waals surface area contributed by atoms with E-state index in [-0.39, 0.29) is 24.8 Å². The number of rotatable bonds is 9. The first-order valence-electron chi connectivity index (χ1n) is 11.9. The summed E-state index contributed by atoms with van der Waals surface area (Å²) in [6, 6.07) is 16.3. The van der Waals surface area contributed by atoms with Crippen molar-refractivity contribution in [1.29, 1.82) is 0 Å². The summed E-state index contributed by atoms with van der Waals surface area (Å²) >= 11 is 0. The second-order valence-corrected chi connectivity index (χ2v) is 8.82. The monoisotopic (exact) mass is 475 g/mol. The van der Waals surface area contributed by atoms with Crippen LogP contribution in [0.4, 0.5) is 5.69 Å². The van der Waals surface area contributed by atoms with Gasteiger partial charge in [-0.05, 0) is 68.1 Å². The fourth-order valence-corrected chi connectivity index (χ4v) is 4.74. The molecule has 32 heavy (non-hydrogen) atoms. The number of nitrogens with zero attached hydrogens (tertiary/aromatic N) is 2. The predicted molar refractivity (Wildman–Crippen MR) is 144 cm³/mol. The summed E-state index contributed by atoms with van der Waals surface area (Å²) in [6.45, 7) is 12.1. The van der Waals surface area contributed by atoms with E-state index in [1.54, 1.807) is 5.56 Å². The van der Waals surface area contributed by atoms with E-state index in [2.05, 4.69) is 78.0 Å². The van der Waals surface area contributed by atoms with Gasteiger partial charge in [0.2, 0.25) is 0 Å². The van der Waals surface area contributed by atoms with Crippen molar-refractivity contribution in [3.63, 3.8) is 0 Å². The zero-order valence-electron chi connectivity index (χ0n) is 19.8. The first kappa shape index (κ1) is 26.6. The molecule has 0 bridgehead atoms. The Bertz CT molecular complexity index is 971. The van der Waals surface area contributed by atoms with Gasteiger partial charge in [-0.1, -0.05) is 50.5 Å². The molecule has 1 aliphatic rings. The van der Waals surface area contributed by atoms with E-state index in [1.165, 1.54) is 59.1 Å². The Labute approximate surface area is 206 Å². The Morgan fingerprint density at radius 2 is 1.62 bits per heavy atom. The highest BCUT2D eigenvalue weighted by atomic mass is 35.5. The van der Waals surface area contributed by atoms with Crippen molar-refractivity contribution in [3.05, 3.63) is 64.8 Å². The van der Waals surface area contributed by atoms with E-state index in [9.17, 15) is 0 Å². The number of benzene rings is 2. The number of hydrogen-bond donors (Lipinski definition) is 1. The van der Waals surface area contributed by atoms with Crippen molar-refractivity contribution in [1.82, 2.24) is 9.88 Å². The summed E-state index contributed by atoms with van der Waals surface area (Å²) in [7, 11) is 0. The SMILES string of the molecule is CCCCN(CCCC)c1ccc(Cn2c3c(c4cc(C)ccc42)CCNC3)cc1.Cl.Cl. The highest BCUT2D eigenvalue weighted by Crippen LogP contribution is 2.30. The molecular weight excluding hydrogens is 437 g/mol. The molecule has 3 nitrogen and oxygen atoms in total. The van der Waals surface area contributed by atoms with Crippen LogP contribution >= 0.6 is 24.8 Å². The molecule has 4 rings (SSSR count). The van der Waals surface area contributed by atoms with Crippen molar-refractivity contribution in [2.24, 2.45) is 0 Å². The maximum atomic E-state index is 3.58. The van der Waals surface area contributed by atoms with Gasteiger partial charge in [-0.25, -0.2) is 0 Å². The van der Waals surface area contributed by atoms with Crippen LogP contribution in [0.15, 0.2) is 42.5 Å². The van der Waals surface area contributed by atoms with Gasteiger partial charge in [0.25, 0.3) is 0 Å². The molecule has 0 amide bonds. The van der Waals surface area contributed by atoms with Crippen molar-refractivity contribution in [2.45, 2.75) is 66.0 Å². The standard InChI is InChI=1S/C27H37N3.2ClH/c1-4-6-16-29(17-7-5-2)23-11-9-22(10-12-23)20-30-26-13-8-21(3)18-25(26)24-14-15-28-19-27(24)30;;/h8-13,18,28H,4-7,14-17,19-20H2,1-3H3;2*1H. The molecule has 2 aromatic carbocycles. The molecule has 1 aromatic heterocycles. The molecule has 0 spiro atoms. The molecule has 1 aliphatic heterocycles. The minimum atomic E-state index is 0. The average molecular weight is 477 g/mol. The van der Waals surface area contributed by atoms with Crippen LogP contribution in [0.25, 0.3) is 10.9 Å². The molecule has 3 aromatic rings. The van der Waals surface area contributed by atoms with Crippen molar-refractivity contribution in [3.8, 4) is 0 Å². The third-order valence-corrected chi connectivity index (χ3v) is 6.49. The van der Waals surface area contributed by atoms with E-state index in [1.807, 2.05) is 0 Å². The quantitative estimate of drug-likeness (QED) is 0.363. The molecule has 0 saturated heterocycles. The molecular formula is C27H39Cl2N3. The van der Waals surface area contributed by atoms with Crippen LogP contribution in [-0.2, 0) is 19.5 Å². The minimum Gasteiger partial charge on any atom is -0.372 e. The smallest absolute Gasteiger partial charge is 0.0489 e. The third kappa shape index (κ3) is 5.81. The zero-order valence-corrected chi connectivity index (χ0v) is 21.5. The summed E-state index contributed by atoms with van der Waals surface area (Å²) in [5.41, 5.74) is 8.51. The fourth-order valence-electron chi connectivity index (χ4n) is 4.74. The largest absolute Gasteiger partial charge is 0.372 e. The van der Waals surface area contributed by atoms with Crippen LogP contribution in [0.2, 0.25) is 0 Å². The third-order valence-electron chi connectivity index (χ3n) is 6.49. The Morgan fingerprint density at radius 1 is 0.938 bits per heavy atom. The molecule has 176 valence electrons. The lowest BCUT2D eigenvalue weighted by Crippen LogP contribution is -2.26. The summed E-state index contributed by atoms with van der Waals surface area (Å²) in [5, 5.41) is 5.03. The molecule has 1 N–H and O–H groups in total. The Hall–Kier alpha value is -1.68. The van der Waals surface area contributed by atoms with E-state index < -0.39 is 0 Å². The van der Waals surface area contributed by atoms with Crippen LogP contribution in [-0.4, -0.2) is 24.2 Å². The first-order chi connectivity index (χ1) is 14.7. The predicted octanol–water partition coefficient (Wildman–Crippen LogP) is 6.89. The highest BCUT2D eigenvalue weighted by Gasteiger charge is 2.20. The number of fused-ring (bicyclic) bond motifs is 3. The zero-order chi connectivity index (χ0) is 20.9. The summed E-state index contributed by atoms with van der Waals surface area (Å²) in [4.78, 5) is 2.57. The van der Waals surface area contributed by atoms with Crippen LogP contribution in [0.3, 0.4) is 0 Å². The Morgan fingerprint density at radius 3 is 2.28 bits per heavy atom. The highest BCUT2D eigenvalue weighted by molar-refractivity contribution is 5.87. The number of anilines is 1. The number of hydrogen-bond acceptors (Lipinski definition) is 2. The summed E-state index contributed by atoms with van der Waals surface area (Å²) < 4.78 is 2.54. The number of nitrogens with one attached hydrogen (secondary N) is 1. The number of aromatic nitrogens is 1. The van der Waals surface area contributed by atoms with Gasteiger partial charge in [0.05, 0.1) is 0 Å². The maximum absolute atomic E-state index is 3.58. The summed E-state index contributed by atoms with van der Waals surface area (Å²) in [6.07, 6.45) is 6.16. The molecule has 0 unspecified atom stereocenters. The van der Waals surface area contributed by atoms with Gasteiger partial charge in [0.15, 0.2) is 0 Å². The lowest BCUT2D eigenvalue weighted by atomic mass is 10.0. The molecule has 0 radical (unpaired) electrons. The molecule has 0 aliphatic carbocycles. The van der Waals surface area contributed by atoms with Gasteiger partial charge >= 0.3 is 0 Å². The van der Waals surface area contributed by atoms with Gasteiger partial charge in [0.1, 0.15) is 0 Å². The molecule has 0 saturated carbocycles. The molecule has 5 heteroatoms. The van der Waals surface area contributed by atoms with Crippen LogP contribution < -0.4 is 10.2 Å². The minimum absolute atomic E-state index is 0. The second kappa shape index (κ2) is 12.5. The number of halogens is 2. The average Bonchev–Trinajstić information content (AvgIpc) is 3.07.